The Morgan fingerprint density at radius 3 is 2.75 bits per heavy atom. The number of ether oxygens (including phenoxy) is 4. The second kappa shape index (κ2) is 8.97. The van der Waals surface area contributed by atoms with Crippen LogP contribution in [0.2, 0.25) is 0 Å². The summed E-state index contributed by atoms with van der Waals surface area (Å²) in [5, 5.41) is 0. The predicted octanol–water partition coefficient (Wildman–Crippen LogP) is 5.12. The number of halogens is 1. The zero-order valence-corrected chi connectivity index (χ0v) is 20.1. The van der Waals surface area contributed by atoms with E-state index in [1.807, 2.05) is 38.1 Å². The molecule has 6 nitrogen and oxygen atoms in total. The molecular weight excluding hydrogens is 523 g/mol. The van der Waals surface area contributed by atoms with E-state index in [0.717, 1.165) is 22.6 Å². The van der Waals surface area contributed by atoms with Crippen LogP contribution in [0.5, 0.6) is 17.2 Å². The minimum atomic E-state index is -0.714. The van der Waals surface area contributed by atoms with E-state index in [4.69, 9.17) is 18.9 Å². The zero-order chi connectivity index (χ0) is 22.9. The molecule has 7 heteroatoms. The maximum absolute atomic E-state index is 12.6. The lowest BCUT2D eigenvalue weighted by Gasteiger charge is -2.39. The fourth-order valence-electron chi connectivity index (χ4n) is 3.63. The van der Waals surface area contributed by atoms with Gasteiger partial charge in [0.05, 0.1) is 0 Å². The largest absolute Gasteiger partial charge is 0.484 e. The summed E-state index contributed by atoms with van der Waals surface area (Å²) in [6.07, 6.45) is 6.97. The maximum Gasteiger partial charge on any atom is 0.331 e. The van der Waals surface area contributed by atoms with E-state index in [9.17, 15) is 9.59 Å². The van der Waals surface area contributed by atoms with Crippen molar-refractivity contribution >= 4 is 46.7 Å². The SMILES string of the molecule is CC(=O)Oc1ccccc1/C=C/C(=O)O[C@@H]1Cc2cc3c(cc2OC1(C)C)OC(I)C=C3. The summed E-state index contributed by atoms with van der Waals surface area (Å²) in [7, 11) is 0. The van der Waals surface area contributed by atoms with Gasteiger partial charge in [-0.25, -0.2) is 4.79 Å². The molecule has 166 valence electrons. The molecular formula is C25H23IO6. The van der Waals surface area contributed by atoms with Gasteiger partial charge in [-0.1, -0.05) is 24.3 Å². The first-order valence-corrected chi connectivity index (χ1v) is 11.5. The summed E-state index contributed by atoms with van der Waals surface area (Å²) in [6.45, 7) is 5.13. The lowest BCUT2D eigenvalue weighted by molar-refractivity contribution is -0.155. The number of carbonyl (C=O) groups excluding carboxylic acids is 2. The van der Waals surface area contributed by atoms with E-state index in [1.54, 1.807) is 30.3 Å². The first-order chi connectivity index (χ1) is 15.2. The van der Waals surface area contributed by atoms with Gasteiger partial charge < -0.3 is 18.9 Å². The number of alkyl halides is 1. The Balaban J connectivity index is 1.50. The van der Waals surface area contributed by atoms with Crippen molar-refractivity contribution in [2.75, 3.05) is 0 Å². The van der Waals surface area contributed by atoms with Crippen molar-refractivity contribution in [1.82, 2.24) is 0 Å². The van der Waals surface area contributed by atoms with Gasteiger partial charge in [0, 0.05) is 36.6 Å². The van der Waals surface area contributed by atoms with Gasteiger partial charge in [-0.05, 0) is 66.3 Å². The minimum Gasteiger partial charge on any atom is -0.484 e. The van der Waals surface area contributed by atoms with Crippen LogP contribution < -0.4 is 14.2 Å². The molecule has 0 radical (unpaired) electrons. The van der Waals surface area contributed by atoms with Gasteiger partial charge in [-0.15, -0.1) is 0 Å². The summed E-state index contributed by atoms with van der Waals surface area (Å²) in [5.74, 6) is 0.983. The van der Waals surface area contributed by atoms with Crippen LogP contribution in [0.4, 0.5) is 0 Å². The highest BCUT2D eigenvalue weighted by Crippen LogP contribution is 2.41. The van der Waals surface area contributed by atoms with Gasteiger partial charge in [0.15, 0.2) is 4.11 Å². The number of hydrogen-bond acceptors (Lipinski definition) is 6. The number of carbonyl (C=O) groups is 2. The molecule has 2 aliphatic heterocycles. The van der Waals surface area contributed by atoms with Gasteiger partial charge in [0.25, 0.3) is 0 Å². The fraction of sp³-hybridized carbons (Fsp3) is 0.280. The van der Waals surface area contributed by atoms with E-state index >= 15 is 0 Å². The number of fused-ring (bicyclic) bond motifs is 2. The highest BCUT2D eigenvalue weighted by molar-refractivity contribution is 14.1. The average Bonchev–Trinajstić information content (AvgIpc) is 2.72. The summed E-state index contributed by atoms with van der Waals surface area (Å²) in [6, 6.07) is 10.9. The smallest absolute Gasteiger partial charge is 0.331 e. The third-order valence-corrected chi connectivity index (χ3v) is 5.91. The lowest BCUT2D eigenvalue weighted by Crippen LogP contribution is -2.48. The van der Waals surface area contributed by atoms with Gasteiger partial charge in [-0.2, -0.15) is 0 Å². The number of rotatable bonds is 4. The normalized spacial score (nSPS) is 20.5. The van der Waals surface area contributed by atoms with Crippen molar-refractivity contribution in [3.8, 4) is 17.2 Å². The van der Waals surface area contributed by atoms with Gasteiger partial charge in [0.2, 0.25) is 0 Å². The standard InChI is InChI=1S/C25H23IO6/c1-15(27)29-19-7-5-4-6-16(19)9-11-24(28)31-22-13-18-12-17-8-10-23(26)30-20(17)14-21(18)32-25(22,2)3/h4-12,14,22-23H,13H2,1-3H3/b11-9+/t22-,23?/m1/s1. The van der Waals surface area contributed by atoms with E-state index in [1.165, 1.54) is 13.0 Å². The van der Waals surface area contributed by atoms with Gasteiger partial charge in [-0.3, -0.25) is 4.79 Å². The second-order valence-electron chi connectivity index (χ2n) is 8.13. The maximum atomic E-state index is 12.6. The summed E-state index contributed by atoms with van der Waals surface area (Å²) in [4.78, 5) is 23.9. The van der Waals surface area contributed by atoms with Crippen molar-refractivity contribution < 1.29 is 28.5 Å². The first-order valence-electron chi connectivity index (χ1n) is 10.2. The molecule has 0 saturated heterocycles. The van der Waals surface area contributed by atoms with Crippen molar-refractivity contribution in [2.45, 2.75) is 43.0 Å². The Kier molecular flexibility index (Phi) is 6.28. The monoisotopic (exact) mass is 546 g/mol. The number of para-hydroxylation sites is 1. The number of benzene rings is 2. The molecule has 0 N–H and O–H groups in total. The Morgan fingerprint density at radius 2 is 1.97 bits per heavy atom. The Hall–Kier alpha value is -2.81. The fourth-order valence-corrected chi connectivity index (χ4v) is 4.11. The van der Waals surface area contributed by atoms with E-state index in [-0.39, 0.29) is 4.11 Å². The Labute approximate surface area is 200 Å². The van der Waals surface area contributed by atoms with Crippen molar-refractivity contribution in [2.24, 2.45) is 0 Å². The molecule has 2 aromatic rings. The van der Waals surface area contributed by atoms with Gasteiger partial charge >= 0.3 is 11.9 Å². The molecule has 1 unspecified atom stereocenters. The third kappa shape index (κ3) is 4.98. The molecule has 0 amide bonds. The van der Waals surface area contributed by atoms with E-state index in [2.05, 4.69) is 22.6 Å². The summed E-state index contributed by atoms with van der Waals surface area (Å²) in [5.41, 5.74) is 1.84. The Bertz CT molecular complexity index is 1120. The molecule has 2 aromatic carbocycles. The summed E-state index contributed by atoms with van der Waals surface area (Å²) < 4.78 is 23.0. The lowest BCUT2D eigenvalue weighted by atomic mass is 9.89. The first kappa shape index (κ1) is 22.4. The number of esters is 2. The topological polar surface area (TPSA) is 71.1 Å². The zero-order valence-electron chi connectivity index (χ0n) is 18.0. The van der Waals surface area contributed by atoms with Crippen molar-refractivity contribution in [1.29, 1.82) is 0 Å². The molecule has 0 spiro atoms. The highest BCUT2D eigenvalue weighted by Gasteiger charge is 2.40. The van der Waals surface area contributed by atoms with Crippen LogP contribution in [0.25, 0.3) is 12.2 Å². The van der Waals surface area contributed by atoms with Crippen LogP contribution in [-0.2, 0) is 20.7 Å². The molecule has 32 heavy (non-hydrogen) atoms. The van der Waals surface area contributed by atoms with E-state index in [0.29, 0.717) is 17.7 Å². The Morgan fingerprint density at radius 1 is 1.19 bits per heavy atom. The molecule has 0 aliphatic carbocycles. The molecule has 0 fully saturated rings. The third-order valence-electron chi connectivity index (χ3n) is 5.24. The molecule has 0 aromatic heterocycles. The molecule has 2 aliphatic rings. The van der Waals surface area contributed by atoms with Gasteiger partial charge in [0.1, 0.15) is 29.0 Å². The highest BCUT2D eigenvalue weighted by atomic mass is 127. The van der Waals surface area contributed by atoms with Crippen LogP contribution in [-0.4, -0.2) is 27.8 Å². The molecule has 0 saturated carbocycles. The predicted molar refractivity (Wildman–Crippen MR) is 129 cm³/mol. The number of hydrogen-bond donors (Lipinski definition) is 0. The van der Waals surface area contributed by atoms with Crippen LogP contribution >= 0.6 is 22.6 Å². The quantitative estimate of drug-likeness (QED) is 0.175. The van der Waals surface area contributed by atoms with E-state index < -0.39 is 23.6 Å². The minimum absolute atomic E-state index is 0.0128. The average molecular weight is 546 g/mol. The summed E-state index contributed by atoms with van der Waals surface area (Å²) >= 11 is 2.21. The van der Waals surface area contributed by atoms with Crippen molar-refractivity contribution in [3.63, 3.8) is 0 Å². The molecule has 0 bridgehead atoms. The van der Waals surface area contributed by atoms with Crippen LogP contribution in [0.15, 0.2) is 48.6 Å². The molecule has 4 rings (SSSR count). The molecule has 2 atom stereocenters. The van der Waals surface area contributed by atoms with Crippen LogP contribution in [0.1, 0.15) is 37.5 Å². The van der Waals surface area contributed by atoms with Crippen LogP contribution in [0.3, 0.4) is 0 Å². The van der Waals surface area contributed by atoms with Crippen LogP contribution in [0, 0.1) is 0 Å². The van der Waals surface area contributed by atoms with Crippen molar-refractivity contribution in [3.05, 3.63) is 65.2 Å². The second-order valence-corrected chi connectivity index (χ2v) is 9.35. The molecule has 2 heterocycles.